The monoisotopic (exact) mass is 310 g/mol. The molecule has 0 amide bonds. The van der Waals surface area contributed by atoms with Crippen LogP contribution in [0.25, 0.3) is 0 Å². The number of benzene rings is 1. The summed E-state index contributed by atoms with van der Waals surface area (Å²) in [5, 5.41) is 0. The Labute approximate surface area is 127 Å². The summed E-state index contributed by atoms with van der Waals surface area (Å²) in [4.78, 5) is 12.0. The van der Waals surface area contributed by atoms with Gasteiger partial charge in [-0.15, -0.1) is 0 Å². The van der Waals surface area contributed by atoms with Gasteiger partial charge >= 0.3 is 12.1 Å². The first-order chi connectivity index (χ1) is 10.3. The van der Waals surface area contributed by atoms with Crippen LogP contribution in [0.5, 0.6) is 0 Å². The Bertz CT molecular complexity index is 594. The van der Waals surface area contributed by atoms with Gasteiger partial charge in [0.2, 0.25) is 0 Å². The van der Waals surface area contributed by atoms with Crippen LogP contribution in [0.1, 0.15) is 31.2 Å². The third-order valence-corrected chi connectivity index (χ3v) is 4.92. The number of fused-ring (bicyclic) bond motifs is 2. The normalized spacial score (nSPS) is 30.3. The van der Waals surface area contributed by atoms with Crippen molar-refractivity contribution >= 4 is 5.97 Å². The molecular formula is C17H17F3O2. The fourth-order valence-electron chi connectivity index (χ4n) is 3.88. The summed E-state index contributed by atoms with van der Waals surface area (Å²) in [6.45, 7) is 2.86. The maximum atomic E-state index is 12.7. The molecule has 3 rings (SSSR count). The van der Waals surface area contributed by atoms with Crippen molar-refractivity contribution < 1.29 is 22.7 Å². The zero-order valence-corrected chi connectivity index (χ0v) is 12.0. The Morgan fingerprint density at radius 2 is 1.91 bits per heavy atom. The highest BCUT2D eigenvalue weighted by Crippen LogP contribution is 2.57. The number of hydrogen-bond donors (Lipinski definition) is 0. The highest BCUT2D eigenvalue weighted by molar-refractivity contribution is 5.89. The largest absolute Gasteiger partial charge is 0.450 e. The molecule has 5 heteroatoms. The molecule has 2 fully saturated rings. The van der Waals surface area contributed by atoms with Gasteiger partial charge in [-0.3, -0.25) is 0 Å². The van der Waals surface area contributed by atoms with Crippen LogP contribution in [0.15, 0.2) is 42.5 Å². The van der Waals surface area contributed by atoms with Gasteiger partial charge in [-0.25, -0.2) is 4.79 Å². The number of carbonyl (C=O) groups is 1. The predicted octanol–water partition coefficient (Wildman–Crippen LogP) is 4.36. The zero-order chi connectivity index (χ0) is 16.0. The fourth-order valence-corrected chi connectivity index (χ4v) is 3.88. The van der Waals surface area contributed by atoms with Crippen LogP contribution in [-0.4, -0.2) is 12.1 Å². The van der Waals surface area contributed by atoms with Crippen molar-refractivity contribution in [3.63, 3.8) is 0 Å². The second-order valence-corrected chi connectivity index (χ2v) is 6.20. The van der Waals surface area contributed by atoms with E-state index in [4.69, 9.17) is 4.74 Å². The molecule has 3 unspecified atom stereocenters. The lowest BCUT2D eigenvalue weighted by Crippen LogP contribution is -2.39. The molecule has 22 heavy (non-hydrogen) atoms. The van der Waals surface area contributed by atoms with E-state index in [2.05, 4.69) is 6.58 Å². The van der Waals surface area contributed by atoms with Crippen LogP contribution < -0.4 is 0 Å². The first-order valence-electron chi connectivity index (χ1n) is 7.38. The van der Waals surface area contributed by atoms with Gasteiger partial charge in [0.1, 0.15) is 11.2 Å². The van der Waals surface area contributed by atoms with Crippen LogP contribution in [0.3, 0.4) is 0 Å². The van der Waals surface area contributed by atoms with Crippen molar-refractivity contribution in [3.8, 4) is 0 Å². The zero-order valence-electron chi connectivity index (χ0n) is 12.0. The molecule has 2 saturated carbocycles. The standard InChI is InChI=1S/C17H17F3O2/c1-11(17(18,19)20)15(21)22-16(13-5-3-2-4-6-13)10-12-7-8-14(16)9-12/h2-6,12,14H,1,7-10H2. The Morgan fingerprint density at radius 1 is 1.23 bits per heavy atom. The van der Waals surface area contributed by atoms with Crippen LogP contribution in [0.4, 0.5) is 13.2 Å². The average molecular weight is 310 g/mol. The molecule has 0 spiro atoms. The summed E-state index contributed by atoms with van der Waals surface area (Å²) in [7, 11) is 0. The van der Waals surface area contributed by atoms with Gasteiger partial charge in [-0.2, -0.15) is 13.2 Å². The van der Waals surface area contributed by atoms with Crippen LogP contribution in [0.2, 0.25) is 0 Å². The highest BCUT2D eigenvalue weighted by Gasteiger charge is 2.55. The summed E-state index contributed by atoms with van der Waals surface area (Å²) in [6, 6.07) is 9.11. The lowest BCUT2D eigenvalue weighted by Gasteiger charge is -2.38. The van der Waals surface area contributed by atoms with Gasteiger partial charge in [0.05, 0.1) is 0 Å². The number of carbonyl (C=O) groups excluding carboxylic acids is 1. The highest BCUT2D eigenvalue weighted by atomic mass is 19.4. The third kappa shape index (κ3) is 2.42. The molecule has 0 aromatic heterocycles. The Morgan fingerprint density at radius 3 is 2.41 bits per heavy atom. The molecule has 1 aromatic rings. The number of alkyl halides is 3. The molecule has 0 saturated heterocycles. The van der Waals surface area contributed by atoms with Crippen molar-refractivity contribution in [2.75, 3.05) is 0 Å². The van der Waals surface area contributed by atoms with Crippen molar-refractivity contribution in [3.05, 3.63) is 48.0 Å². The smallest absolute Gasteiger partial charge is 0.422 e. The second kappa shape index (κ2) is 5.14. The molecule has 1 aromatic carbocycles. The molecule has 118 valence electrons. The Balaban J connectivity index is 1.92. The first kappa shape index (κ1) is 15.1. The molecule has 0 heterocycles. The van der Waals surface area contributed by atoms with E-state index in [0.717, 1.165) is 24.8 Å². The summed E-state index contributed by atoms with van der Waals surface area (Å²) in [6.07, 6.45) is -1.33. The van der Waals surface area contributed by atoms with Crippen molar-refractivity contribution in [1.29, 1.82) is 0 Å². The van der Waals surface area contributed by atoms with E-state index in [0.29, 0.717) is 12.3 Å². The van der Waals surface area contributed by atoms with Gasteiger partial charge in [0.15, 0.2) is 0 Å². The van der Waals surface area contributed by atoms with E-state index in [-0.39, 0.29) is 5.92 Å². The average Bonchev–Trinajstić information content (AvgIpc) is 3.07. The fraction of sp³-hybridized carbons (Fsp3) is 0.471. The van der Waals surface area contributed by atoms with Gasteiger partial charge in [-0.1, -0.05) is 36.9 Å². The number of rotatable bonds is 3. The van der Waals surface area contributed by atoms with Crippen molar-refractivity contribution in [2.45, 2.75) is 37.5 Å². The topological polar surface area (TPSA) is 26.3 Å². The number of halogens is 3. The van der Waals surface area contributed by atoms with Gasteiger partial charge in [0.25, 0.3) is 0 Å². The third-order valence-electron chi connectivity index (χ3n) is 4.92. The molecular weight excluding hydrogens is 293 g/mol. The predicted molar refractivity (Wildman–Crippen MR) is 74.9 cm³/mol. The van der Waals surface area contributed by atoms with E-state index < -0.39 is 23.3 Å². The molecule has 2 bridgehead atoms. The quantitative estimate of drug-likeness (QED) is 0.612. The minimum atomic E-state index is -4.76. The molecule has 0 aliphatic heterocycles. The number of hydrogen-bond acceptors (Lipinski definition) is 2. The lowest BCUT2D eigenvalue weighted by atomic mass is 9.78. The second-order valence-electron chi connectivity index (χ2n) is 6.20. The number of esters is 1. The lowest BCUT2D eigenvalue weighted by molar-refractivity contribution is -0.172. The molecule has 2 aliphatic carbocycles. The van der Waals surface area contributed by atoms with Crippen molar-refractivity contribution in [2.24, 2.45) is 11.8 Å². The minimum absolute atomic E-state index is 0.0879. The van der Waals surface area contributed by atoms with Gasteiger partial charge in [0, 0.05) is 5.92 Å². The first-order valence-corrected chi connectivity index (χ1v) is 7.38. The summed E-state index contributed by atoms with van der Waals surface area (Å²) >= 11 is 0. The summed E-state index contributed by atoms with van der Waals surface area (Å²) in [5.41, 5.74) is -1.59. The molecule has 3 atom stereocenters. The van der Waals surface area contributed by atoms with E-state index >= 15 is 0 Å². The Hall–Kier alpha value is -1.78. The maximum absolute atomic E-state index is 12.7. The maximum Gasteiger partial charge on any atom is 0.422 e. The van der Waals surface area contributed by atoms with Gasteiger partial charge in [-0.05, 0) is 37.2 Å². The van der Waals surface area contributed by atoms with Crippen LogP contribution >= 0.6 is 0 Å². The van der Waals surface area contributed by atoms with Crippen LogP contribution in [-0.2, 0) is 15.1 Å². The minimum Gasteiger partial charge on any atom is -0.450 e. The van der Waals surface area contributed by atoms with Crippen molar-refractivity contribution in [1.82, 2.24) is 0 Å². The summed E-state index contributed by atoms with van der Waals surface area (Å²) < 4.78 is 43.5. The van der Waals surface area contributed by atoms with E-state index in [1.165, 1.54) is 0 Å². The summed E-state index contributed by atoms with van der Waals surface area (Å²) in [5.74, 6) is -0.856. The van der Waals surface area contributed by atoms with Gasteiger partial charge < -0.3 is 4.74 Å². The van der Waals surface area contributed by atoms with E-state index in [1.807, 2.05) is 30.3 Å². The molecule has 2 aliphatic rings. The molecule has 2 nitrogen and oxygen atoms in total. The molecule has 0 radical (unpaired) electrons. The van der Waals surface area contributed by atoms with E-state index in [9.17, 15) is 18.0 Å². The Kier molecular flexibility index (Phi) is 3.54. The van der Waals surface area contributed by atoms with E-state index in [1.54, 1.807) is 0 Å². The molecule has 0 N–H and O–H groups in total. The van der Waals surface area contributed by atoms with Crippen LogP contribution in [0, 0.1) is 11.8 Å². The SMILES string of the molecule is C=C(C(=O)OC1(c2ccccc2)CC2CCC1C2)C(F)(F)F. The number of ether oxygens (including phenoxy) is 1.